The minimum Gasteiger partial charge on any atom is -0.382 e. The van der Waals surface area contributed by atoms with E-state index in [4.69, 9.17) is 9.47 Å². The molecule has 2 amide bonds. The van der Waals surface area contributed by atoms with Crippen molar-refractivity contribution in [1.29, 1.82) is 0 Å². The molecule has 0 heterocycles. The smallest absolute Gasteiger partial charge is 0.251 e. The zero-order chi connectivity index (χ0) is 19.4. The molecule has 0 bridgehead atoms. The van der Waals surface area contributed by atoms with E-state index < -0.39 is 0 Å². The van der Waals surface area contributed by atoms with Gasteiger partial charge in [-0.25, -0.2) is 0 Å². The lowest BCUT2D eigenvalue weighted by Crippen LogP contribution is -2.31. The Morgan fingerprint density at radius 1 is 0.962 bits per heavy atom. The van der Waals surface area contributed by atoms with E-state index in [2.05, 4.69) is 31.4 Å². The van der Waals surface area contributed by atoms with Gasteiger partial charge in [-0.1, -0.05) is 32.9 Å². The molecule has 0 saturated heterocycles. The van der Waals surface area contributed by atoms with E-state index in [0.717, 1.165) is 6.42 Å². The van der Waals surface area contributed by atoms with Crippen LogP contribution in [0.1, 0.15) is 49.5 Å². The van der Waals surface area contributed by atoms with Crippen LogP contribution in [0.15, 0.2) is 24.3 Å². The number of nitrogens with one attached hydrogen (secondary N) is 2. The molecule has 1 rings (SSSR count). The number of methoxy groups -OCH3 is 1. The first-order valence-corrected chi connectivity index (χ1v) is 9.06. The van der Waals surface area contributed by atoms with Gasteiger partial charge < -0.3 is 20.1 Å². The molecule has 1 aromatic carbocycles. The van der Waals surface area contributed by atoms with E-state index in [-0.39, 0.29) is 23.7 Å². The fourth-order valence-electron chi connectivity index (χ4n) is 2.25. The molecule has 26 heavy (non-hydrogen) atoms. The highest BCUT2D eigenvalue weighted by atomic mass is 16.5. The van der Waals surface area contributed by atoms with Gasteiger partial charge in [-0.2, -0.15) is 0 Å². The van der Waals surface area contributed by atoms with Gasteiger partial charge in [-0.15, -0.1) is 0 Å². The van der Waals surface area contributed by atoms with Crippen LogP contribution in [-0.2, 0) is 19.7 Å². The molecule has 0 fully saturated rings. The van der Waals surface area contributed by atoms with E-state index in [9.17, 15) is 9.59 Å². The third-order valence-electron chi connectivity index (χ3n) is 3.87. The molecule has 1 aromatic rings. The van der Waals surface area contributed by atoms with Crippen molar-refractivity contribution in [3.05, 3.63) is 35.4 Å². The highest BCUT2D eigenvalue weighted by molar-refractivity contribution is 5.94. The molecule has 0 saturated carbocycles. The van der Waals surface area contributed by atoms with Crippen molar-refractivity contribution < 1.29 is 19.1 Å². The topological polar surface area (TPSA) is 76.7 Å². The summed E-state index contributed by atoms with van der Waals surface area (Å²) in [7, 11) is 1.63. The summed E-state index contributed by atoms with van der Waals surface area (Å²) < 4.78 is 10.2. The maximum absolute atomic E-state index is 12.1. The molecule has 0 aliphatic rings. The summed E-state index contributed by atoms with van der Waals surface area (Å²) in [5.41, 5.74) is 1.84. The molecule has 6 nitrogen and oxygen atoms in total. The number of carbonyl (C=O) groups excluding carboxylic acids is 2. The maximum Gasteiger partial charge on any atom is 0.251 e. The van der Waals surface area contributed by atoms with Crippen LogP contribution in [0.2, 0.25) is 0 Å². The fraction of sp³-hybridized carbons (Fsp3) is 0.600. The molecule has 0 spiro atoms. The zero-order valence-electron chi connectivity index (χ0n) is 16.4. The number of carbonyl (C=O) groups is 2. The minimum atomic E-state index is -0.162. The van der Waals surface area contributed by atoms with Crippen molar-refractivity contribution in [1.82, 2.24) is 10.6 Å². The molecule has 6 heteroatoms. The molecular weight excluding hydrogens is 332 g/mol. The van der Waals surface area contributed by atoms with Crippen molar-refractivity contribution >= 4 is 11.8 Å². The van der Waals surface area contributed by atoms with Gasteiger partial charge in [0.2, 0.25) is 5.91 Å². The maximum atomic E-state index is 12.1. The molecule has 0 aliphatic carbocycles. The lowest BCUT2D eigenvalue weighted by Gasteiger charge is -2.19. The molecule has 0 atom stereocenters. The van der Waals surface area contributed by atoms with Crippen LogP contribution < -0.4 is 10.6 Å². The number of hydrogen-bond acceptors (Lipinski definition) is 4. The number of amides is 2. The van der Waals surface area contributed by atoms with E-state index in [1.165, 1.54) is 5.56 Å². The van der Waals surface area contributed by atoms with Crippen molar-refractivity contribution in [2.75, 3.05) is 40.0 Å². The highest BCUT2D eigenvalue weighted by Crippen LogP contribution is 2.22. The molecule has 2 N–H and O–H groups in total. The SMILES string of the molecule is COCCOCCCNC(=O)CCNC(=O)c1ccc(C(C)(C)C)cc1. The fourth-order valence-corrected chi connectivity index (χ4v) is 2.25. The Morgan fingerprint density at radius 2 is 1.65 bits per heavy atom. The summed E-state index contributed by atoms with van der Waals surface area (Å²) >= 11 is 0. The molecule has 0 radical (unpaired) electrons. The lowest BCUT2D eigenvalue weighted by atomic mass is 9.87. The predicted octanol–water partition coefficient (Wildman–Crippen LogP) is 2.27. The monoisotopic (exact) mass is 364 g/mol. The Kier molecular flexibility index (Phi) is 9.91. The minimum absolute atomic E-state index is 0.0575. The second-order valence-corrected chi connectivity index (χ2v) is 7.14. The number of hydrogen-bond donors (Lipinski definition) is 2. The van der Waals surface area contributed by atoms with E-state index >= 15 is 0 Å². The molecule has 0 unspecified atom stereocenters. The third kappa shape index (κ3) is 8.97. The van der Waals surface area contributed by atoms with Crippen LogP contribution in [0.5, 0.6) is 0 Å². The summed E-state index contributed by atoms with van der Waals surface area (Å²) in [5, 5.41) is 5.58. The van der Waals surface area contributed by atoms with Gasteiger partial charge in [0.05, 0.1) is 13.2 Å². The molecular formula is C20H32N2O4. The largest absolute Gasteiger partial charge is 0.382 e. The Hall–Kier alpha value is -1.92. The van der Waals surface area contributed by atoms with E-state index in [1.807, 2.05) is 24.3 Å². The second-order valence-electron chi connectivity index (χ2n) is 7.14. The molecule has 0 aliphatic heterocycles. The van der Waals surface area contributed by atoms with E-state index in [1.54, 1.807) is 7.11 Å². The van der Waals surface area contributed by atoms with Crippen LogP contribution >= 0.6 is 0 Å². The van der Waals surface area contributed by atoms with Crippen LogP contribution in [0.4, 0.5) is 0 Å². The van der Waals surface area contributed by atoms with Crippen molar-refractivity contribution in [3.8, 4) is 0 Å². The summed E-state index contributed by atoms with van der Waals surface area (Å²) in [6.45, 7) is 9.00. The Bertz CT molecular complexity index is 550. The van der Waals surface area contributed by atoms with Gasteiger partial charge >= 0.3 is 0 Å². The van der Waals surface area contributed by atoms with Gasteiger partial charge in [0.25, 0.3) is 5.91 Å². The zero-order valence-corrected chi connectivity index (χ0v) is 16.4. The number of ether oxygens (including phenoxy) is 2. The lowest BCUT2D eigenvalue weighted by molar-refractivity contribution is -0.121. The first-order chi connectivity index (χ1) is 12.3. The van der Waals surface area contributed by atoms with Gasteiger partial charge in [0, 0.05) is 38.8 Å². The first kappa shape index (κ1) is 22.1. The normalized spacial score (nSPS) is 11.2. The molecule has 0 aromatic heterocycles. The first-order valence-electron chi connectivity index (χ1n) is 9.06. The van der Waals surface area contributed by atoms with Gasteiger partial charge in [-0.05, 0) is 29.5 Å². The third-order valence-corrected chi connectivity index (χ3v) is 3.87. The van der Waals surface area contributed by atoms with Gasteiger partial charge in [0.1, 0.15) is 0 Å². The van der Waals surface area contributed by atoms with Crippen LogP contribution in [-0.4, -0.2) is 51.8 Å². The van der Waals surface area contributed by atoms with Gasteiger partial charge in [0.15, 0.2) is 0 Å². The number of benzene rings is 1. The summed E-state index contributed by atoms with van der Waals surface area (Å²) in [6, 6.07) is 7.58. The molecule has 146 valence electrons. The Balaban J connectivity index is 2.18. The van der Waals surface area contributed by atoms with Crippen molar-refractivity contribution in [2.45, 2.75) is 39.0 Å². The quantitative estimate of drug-likeness (QED) is 0.591. The highest BCUT2D eigenvalue weighted by Gasteiger charge is 2.14. The van der Waals surface area contributed by atoms with Gasteiger partial charge in [-0.3, -0.25) is 9.59 Å². The average Bonchev–Trinajstić information content (AvgIpc) is 2.60. The van der Waals surface area contributed by atoms with Crippen LogP contribution in [0.3, 0.4) is 0 Å². The Morgan fingerprint density at radius 3 is 2.27 bits per heavy atom. The summed E-state index contributed by atoms with van der Waals surface area (Å²) in [5.74, 6) is -0.241. The van der Waals surface area contributed by atoms with E-state index in [0.29, 0.717) is 38.5 Å². The van der Waals surface area contributed by atoms with Crippen molar-refractivity contribution in [2.24, 2.45) is 0 Å². The van der Waals surface area contributed by atoms with Crippen LogP contribution in [0, 0.1) is 0 Å². The van der Waals surface area contributed by atoms with Crippen molar-refractivity contribution in [3.63, 3.8) is 0 Å². The second kappa shape index (κ2) is 11.6. The average molecular weight is 364 g/mol. The summed E-state index contributed by atoms with van der Waals surface area (Å²) in [6.07, 6.45) is 1.01. The Labute approximate surface area is 156 Å². The standard InChI is InChI=1S/C20H32N2O4/c1-20(2,3)17-8-6-16(7-9-17)19(24)22-12-10-18(23)21-11-5-13-26-15-14-25-4/h6-9H,5,10-15H2,1-4H3,(H,21,23)(H,22,24). The van der Waals surface area contributed by atoms with Crippen LogP contribution in [0.25, 0.3) is 0 Å². The number of rotatable bonds is 11. The summed E-state index contributed by atoms with van der Waals surface area (Å²) in [4.78, 5) is 23.8. The predicted molar refractivity (Wildman–Crippen MR) is 102 cm³/mol.